The summed E-state index contributed by atoms with van der Waals surface area (Å²) in [5, 5.41) is 50.4. The number of phosphoric acid groups is 1. The molecule has 0 spiro atoms. The first-order chi connectivity index (χ1) is 33.4. The summed E-state index contributed by atoms with van der Waals surface area (Å²) in [6, 6.07) is 0. The molecule has 0 radical (unpaired) electrons. The van der Waals surface area contributed by atoms with Crippen LogP contribution in [0.3, 0.4) is 0 Å². The Kier molecular flexibility index (Phi) is 43.4. The number of hydrogen-bond donors (Lipinski definition) is 6. The van der Waals surface area contributed by atoms with E-state index in [-0.39, 0.29) is 12.8 Å². The summed E-state index contributed by atoms with van der Waals surface area (Å²) in [6.07, 6.45) is 37.2. The van der Waals surface area contributed by atoms with Gasteiger partial charge in [0.25, 0.3) is 0 Å². The molecule has 1 rings (SSSR count). The van der Waals surface area contributed by atoms with Crippen LogP contribution in [0, 0.1) is 0 Å². The minimum absolute atomic E-state index is 0.106. The first-order valence-electron chi connectivity index (χ1n) is 28.8. The number of aliphatic hydroxyl groups excluding tert-OH is 5. The third kappa shape index (κ3) is 37.3. The van der Waals surface area contributed by atoms with Gasteiger partial charge in [-0.05, 0) is 12.8 Å². The molecule has 1 aliphatic rings. The first-order valence-corrected chi connectivity index (χ1v) is 30.3. The highest BCUT2D eigenvalue weighted by Gasteiger charge is 2.51. The summed E-state index contributed by atoms with van der Waals surface area (Å²) in [5.74, 6) is -1.08. The molecule has 0 bridgehead atoms. The zero-order valence-electron chi connectivity index (χ0n) is 44.1. The van der Waals surface area contributed by atoms with E-state index < -0.39 is 75.7 Å². The van der Waals surface area contributed by atoms with Crippen molar-refractivity contribution in [3.63, 3.8) is 0 Å². The molecule has 14 heteroatoms. The van der Waals surface area contributed by atoms with Crippen molar-refractivity contribution in [1.29, 1.82) is 0 Å². The van der Waals surface area contributed by atoms with Crippen molar-refractivity contribution < 1.29 is 63.1 Å². The van der Waals surface area contributed by atoms with Crippen LogP contribution in [0.15, 0.2) is 0 Å². The number of esters is 2. The lowest BCUT2D eigenvalue weighted by molar-refractivity contribution is -0.220. The second-order valence-corrected chi connectivity index (χ2v) is 21.9. The van der Waals surface area contributed by atoms with Crippen LogP contribution in [0.25, 0.3) is 0 Å². The molecule has 0 heterocycles. The standard InChI is InChI=1S/C55H107O13P/c1-3-5-7-9-11-13-15-17-19-21-22-23-24-25-26-28-29-31-33-35-37-39-41-43-48(56)65-45-47(46-66-69(63,64)68-55-53(61)51(59)50(58)52(60)54(55)62)67-49(57)44-42-40-38-36-34-32-30-27-20-18-16-14-12-10-8-6-4-2/h47,50-55,58-62H,3-46H2,1-2H3,(H,63,64)/t47-,50?,51-,52?,53?,54?,55?/m0/s1. The molecule has 0 aromatic heterocycles. The fourth-order valence-electron chi connectivity index (χ4n) is 9.35. The number of rotatable bonds is 50. The largest absolute Gasteiger partial charge is 0.472 e. The minimum atomic E-state index is -5.12. The Labute approximate surface area is 421 Å². The van der Waals surface area contributed by atoms with Crippen LogP contribution in [0.1, 0.15) is 284 Å². The summed E-state index contributed by atoms with van der Waals surface area (Å²) in [5.41, 5.74) is 0. The van der Waals surface area contributed by atoms with Crippen LogP contribution >= 0.6 is 7.82 Å². The number of carbonyl (C=O) groups excluding carboxylic acids is 2. The van der Waals surface area contributed by atoms with Crippen molar-refractivity contribution >= 4 is 19.8 Å². The molecule has 8 atom stereocenters. The normalized spacial score (nSPS) is 20.8. The van der Waals surface area contributed by atoms with E-state index in [4.69, 9.17) is 18.5 Å². The fraction of sp³-hybridized carbons (Fsp3) is 0.964. The van der Waals surface area contributed by atoms with E-state index >= 15 is 0 Å². The monoisotopic (exact) mass is 1010 g/mol. The van der Waals surface area contributed by atoms with E-state index in [1.807, 2.05) is 0 Å². The summed E-state index contributed by atoms with van der Waals surface area (Å²) in [6.45, 7) is 3.37. The molecular formula is C55H107O13P. The second kappa shape index (κ2) is 45.5. The molecule has 6 unspecified atom stereocenters. The molecule has 1 saturated carbocycles. The third-order valence-electron chi connectivity index (χ3n) is 13.9. The first kappa shape index (κ1) is 65.9. The van der Waals surface area contributed by atoms with Crippen LogP contribution in [-0.2, 0) is 32.7 Å². The highest BCUT2D eigenvalue weighted by Crippen LogP contribution is 2.47. The maximum Gasteiger partial charge on any atom is 0.472 e. The summed E-state index contributed by atoms with van der Waals surface area (Å²) in [4.78, 5) is 35.9. The van der Waals surface area contributed by atoms with Gasteiger partial charge < -0.3 is 39.9 Å². The van der Waals surface area contributed by atoms with Gasteiger partial charge >= 0.3 is 19.8 Å². The van der Waals surface area contributed by atoms with Gasteiger partial charge in [0.15, 0.2) is 6.10 Å². The average molecular weight is 1010 g/mol. The van der Waals surface area contributed by atoms with Crippen LogP contribution in [0.5, 0.6) is 0 Å². The maximum atomic E-state index is 12.9. The van der Waals surface area contributed by atoms with Gasteiger partial charge in [-0.3, -0.25) is 18.6 Å². The number of phosphoric ester groups is 1. The quantitative estimate of drug-likeness (QED) is 0.0191. The average Bonchev–Trinajstić information content (AvgIpc) is 3.33. The molecular weight excluding hydrogens is 900 g/mol. The Balaban J connectivity index is 2.30. The Hall–Kier alpha value is -1.15. The van der Waals surface area contributed by atoms with Crippen molar-refractivity contribution in [2.24, 2.45) is 0 Å². The summed E-state index contributed by atoms with van der Waals surface area (Å²) >= 11 is 0. The van der Waals surface area contributed by atoms with Gasteiger partial charge in [-0.15, -0.1) is 0 Å². The SMILES string of the molecule is CCCCCCCCCCCCCCCCCCCCCCCCCC(=O)OC[C@@H](COP(=O)(O)OC1C(O)C(O)C(O)[C@H](O)C1O)OC(=O)CCCCCCCCCCCCCCCCCCC. The van der Waals surface area contributed by atoms with E-state index in [0.29, 0.717) is 12.8 Å². The number of unbranched alkanes of at least 4 members (excludes halogenated alkanes) is 38. The molecule has 1 fully saturated rings. The summed E-state index contributed by atoms with van der Waals surface area (Å²) in [7, 11) is -5.12. The highest BCUT2D eigenvalue weighted by atomic mass is 31.2. The van der Waals surface area contributed by atoms with Crippen molar-refractivity contribution in [2.75, 3.05) is 13.2 Å². The van der Waals surface area contributed by atoms with Crippen LogP contribution < -0.4 is 0 Å². The van der Waals surface area contributed by atoms with Gasteiger partial charge in [-0.1, -0.05) is 258 Å². The lowest BCUT2D eigenvalue weighted by Gasteiger charge is -2.41. The molecule has 0 aromatic rings. The molecule has 0 saturated heterocycles. The highest BCUT2D eigenvalue weighted by molar-refractivity contribution is 7.47. The minimum Gasteiger partial charge on any atom is -0.462 e. The molecule has 69 heavy (non-hydrogen) atoms. The van der Waals surface area contributed by atoms with Crippen LogP contribution in [0.2, 0.25) is 0 Å². The van der Waals surface area contributed by atoms with E-state index in [9.17, 15) is 44.6 Å². The molecule has 0 aromatic carbocycles. The number of ether oxygens (including phenoxy) is 2. The van der Waals surface area contributed by atoms with Gasteiger partial charge in [-0.2, -0.15) is 0 Å². The van der Waals surface area contributed by atoms with Gasteiger partial charge in [-0.25, -0.2) is 4.57 Å². The number of aliphatic hydroxyl groups is 5. The lowest BCUT2D eigenvalue weighted by Crippen LogP contribution is -2.64. The predicted octanol–water partition coefficient (Wildman–Crippen LogP) is 13.2. The maximum absolute atomic E-state index is 12.9. The number of hydrogen-bond acceptors (Lipinski definition) is 12. The van der Waals surface area contributed by atoms with Gasteiger partial charge in [0.2, 0.25) is 0 Å². The summed E-state index contributed by atoms with van der Waals surface area (Å²) < 4.78 is 33.7. The smallest absolute Gasteiger partial charge is 0.462 e. The van der Waals surface area contributed by atoms with Crippen molar-refractivity contribution in [2.45, 2.75) is 326 Å². The molecule has 1 aliphatic carbocycles. The number of carbonyl (C=O) groups is 2. The molecule has 6 N–H and O–H groups in total. The van der Waals surface area contributed by atoms with E-state index in [1.54, 1.807) is 0 Å². The Morgan fingerprint density at radius 1 is 0.391 bits per heavy atom. The van der Waals surface area contributed by atoms with Crippen molar-refractivity contribution in [3.8, 4) is 0 Å². The molecule has 410 valence electrons. The Morgan fingerprint density at radius 3 is 0.957 bits per heavy atom. The predicted molar refractivity (Wildman–Crippen MR) is 277 cm³/mol. The van der Waals surface area contributed by atoms with Gasteiger partial charge in [0, 0.05) is 12.8 Å². The molecule has 0 amide bonds. The Morgan fingerprint density at radius 2 is 0.652 bits per heavy atom. The lowest BCUT2D eigenvalue weighted by atomic mass is 9.85. The zero-order chi connectivity index (χ0) is 50.6. The van der Waals surface area contributed by atoms with Gasteiger partial charge in [0.05, 0.1) is 6.61 Å². The molecule has 13 nitrogen and oxygen atoms in total. The molecule has 0 aliphatic heterocycles. The third-order valence-corrected chi connectivity index (χ3v) is 14.9. The van der Waals surface area contributed by atoms with Crippen LogP contribution in [-0.4, -0.2) is 98.3 Å². The topological polar surface area (TPSA) is 210 Å². The van der Waals surface area contributed by atoms with E-state index in [0.717, 1.165) is 38.5 Å². The zero-order valence-corrected chi connectivity index (χ0v) is 45.0. The van der Waals surface area contributed by atoms with Crippen molar-refractivity contribution in [1.82, 2.24) is 0 Å². The van der Waals surface area contributed by atoms with E-state index in [2.05, 4.69) is 13.8 Å². The Bertz CT molecular complexity index is 1210. The van der Waals surface area contributed by atoms with Crippen molar-refractivity contribution in [3.05, 3.63) is 0 Å². The fourth-order valence-corrected chi connectivity index (χ4v) is 10.3. The van der Waals surface area contributed by atoms with Gasteiger partial charge in [0.1, 0.15) is 43.2 Å². The second-order valence-electron chi connectivity index (χ2n) is 20.5. The van der Waals surface area contributed by atoms with Crippen LogP contribution in [0.4, 0.5) is 0 Å². The van der Waals surface area contributed by atoms with E-state index in [1.165, 1.54) is 205 Å².